The van der Waals surface area contributed by atoms with Crippen molar-refractivity contribution in [2.45, 2.75) is 19.3 Å². The Kier molecular flexibility index (Phi) is 8.06. The molecule has 0 atom stereocenters. The second-order valence-corrected chi connectivity index (χ2v) is 7.14. The number of anilines is 1. The first kappa shape index (κ1) is 20.3. The summed E-state index contributed by atoms with van der Waals surface area (Å²) in [4.78, 5) is 11.6. The van der Waals surface area contributed by atoms with Crippen molar-refractivity contribution in [2.75, 3.05) is 37.4 Å². The fraction of sp³-hybridized carbons (Fsp3) is 0.533. The molecule has 24 heavy (non-hydrogen) atoms. The number of carbonyl (C=O) groups excluding carboxylic acids is 1. The molecule has 1 N–H and O–H groups in total. The van der Waals surface area contributed by atoms with Crippen LogP contribution in [0.3, 0.4) is 0 Å². The monoisotopic (exact) mass is 364 g/mol. The Balaban J connectivity index is 2.59. The highest BCUT2D eigenvalue weighted by Crippen LogP contribution is 2.21. The number of carbonyl (C=O) groups is 1. The van der Waals surface area contributed by atoms with E-state index in [9.17, 15) is 22.0 Å². The normalized spacial score (nSPS) is 11.3. The molecule has 1 amide bonds. The van der Waals surface area contributed by atoms with Crippen LogP contribution in [0.1, 0.15) is 19.3 Å². The molecule has 0 unspecified atom stereocenters. The highest BCUT2D eigenvalue weighted by molar-refractivity contribution is 7.92. The maximum atomic E-state index is 13.3. The van der Waals surface area contributed by atoms with Crippen LogP contribution in [0.4, 0.5) is 14.5 Å². The van der Waals surface area contributed by atoms with E-state index in [1.54, 1.807) is 7.11 Å². The predicted molar refractivity (Wildman–Crippen MR) is 87.3 cm³/mol. The van der Waals surface area contributed by atoms with E-state index in [0.29, 0.717) is 19.6 Å². The molecule has 1 aromatic rings. The van der Waals surface area contributed by atoms with E-state index < -0.39 is 21.7 Å². The van der Waals surface area contributed by atoms with Gasteiger partial charge in [-0.3, -0.25) is 9.10 Å². The smallest absolute Gasteiger partial charge is 0.232 e. The minimum absolute atomic E-state index is 0.00457. The van der Waals surface area contributed by atoms with Gasteiger partial charge in [-0.1, -0.05) is 0 Å². The summed E-state index contributed by atoms with van der Waals surface area (Å²) in [7, 11) is -2.10. The maximum absolute atomic E-state index is 13.3. The van der Waals surface area contributed by atoms with Crippen molar-refractivity contribution in [1.82, 2.24) is 5.32 Å². The number of nitrogens with one attached hydrogen (secondary N) is 1. The van der Waals surface area contributed by atoms with E-state index in [1.807, 2.05) is 0 Å². The Bertz CT molecular complexity index is 653. The minimum atomic E-state index is -3.67. The van der Waals surface area contributed by atoms with Crippen molar-refractivity contribution in [2.24, 2.45) is 0 Å². The van der Waals surface area contributed by atoms with Crippen LogP contribution < -0.4 is 9.62 Å². The van der Waals surface area contributed by atoms with Crippen molar-refractivity contribution >= 4 is 21.6 Å². The zero-order valence-electron chi connectivity index (χ0n) is 13.7. The molecule has 136 valence electrons. The van der Waals surface area contributed by atoms with Crippen molar-refractivity contribution in [3.05, 3.63) is 29.8 Å². The number of rotatable bonds is 10. The molecule has 1 aromatic carbocycles. The lowest BCUT2D eigenvalue weighted by atomic mass is 10.2. The first-order chi connectivity index (χ1) is 11.3. The van der Waals surface area contributed by atoms with Crippen LogP contribution in [0.2, 0.25) is 0 Å². The highest BCUT2D eigenvalue weighted by Gasteiger charge is 2.19. The lowest BCUT2D eigenvalue weighted by Crippen LogP contribution is -2.32. The quantitative estimate of drug-likeness (QED) is 0.641. The Morgan fingerprint density at radius 2 is 1.96 bits per heavy atom. The molecule has 0 spiro atoms. The lowest BCUT2D eigenvalue weighted by Gasteiger charge is -2.22. The van der Waals surface area contributed by atoms with Gasteiger partial charge in [0.25, 0.3) is 0 Å². The topological polar surface area (TPSA) is 75.7 Å². The van der Waals surface area contributed by atoms with Gasteiger partial charge in [-0.05, 0) is 25.0 Å². The van der Waals surface area contributed by atoms with Crippen molar-refractivity contribution in [1.29, 1.82) is 0 Å². The third kappa shape index (κ3) is 6.79. The van der Waals surface area contributed by atoms with Gasteiger partial charge >= 0.3 is 0 Å². The Morgan fingerprint density at radius 1 is 1.25 bits per heavy atom. The number of ether oxygens (including phenoxy) is 1. The number of halogens is 2. The number of benzene rings is 1. The van der Waals surface area contributed by atoms with E-state index in [2.05, 4.69) is 5.32 Å². The fourth-order valence-electron chi connectivity index (χ4n) is 2.04. The first-order valence-electron chi connectivity index (χ1n) is 7.44. The largest absolute Gasteiger partial charge is 0.385 e. The van der Waals surface area contributed by atoms with Gasteiger partial charge in [0, 0.05) is 39.3 Å². The number of hydrogen-bond donors (Lipinski definition) is 1. The van der Waals surface area contributed by atoms with Gasteiger partial charge in [0.05, 0.1) is 11.9 Å². The number of nitrogens with zero attached hydrogens (tertiary/aromatic N) is 1. The summed E-state index contributed by atoms with van der Waals surface area (Å²) in [6.45, 7) is 1.01. The number of methoxy groups -OCH3 is 1. The molecular weight excluding hydrogens is 342 g/mol. The SMILES string of the molecule is COCCCNC(=O)CCCN(c1ccc(F)c(F)c1)S(C)(=O)=O. The van der Waals surface area contributed by atoms with Crippen LogP contribution in [0.15, 0.2) is 18.2 Å². The third-order valence-electron chi connectivity index (χ3n) is 3.20. The van der Waals surface area contributed by atoms with Crippen molar-refractivity contribution in [3.8, 4) is 0 Å². The summed E-state index contributed by atoms with van der Waals surface area (Å²) >= 11 is 0. The molecule has 0 saturated carbocycles. The lowest BCUT2D eigenvalue weighted by molar-refractivity contribution is -0.121. The Labute approximate surface area is 140 Å². The van der Waals surface area contributed by atoms with Crippen molar-refractivity contribution < 1.29 is 26.7 Å². The van der Waals surface area contributed by atoms with E-state index in [4.69, 9.17) is 4.74 Å². The minimum Gasteiger partial charge on any atom is -0.385 e. The highest BCUT2D eigenvalue weighted by atomic mass is 32.2. The zero-order valence-corrected chi connectivity index (χ0v) is 14.5. The Morgan fingerprint density at radius 3 is 2.54 bits per heavy atom. The van der Waals surface area contributed by atoms with Gasteiger partial charge in [0.1, 0.15) is 0 Å². The fourth-order valence-corrected chi connectivity index (χ4v) is 3.00. The van der Waals surface area contributed by atoms with Gasteiger partial charge in [-0.25, -0.2) is 17.2 Å². The maximum Gasteiger partial charge on any atom is 0.232 e. The molecule has 0 fully saturated rings. The van der Waals surface area contributed by atoms with Crippen LogP contribution in [-0.2, 0) is 19.6 Å². The van der Waals surface area contributed by atoms with Gasteiger partial charge in [0.2, 0.25) is 15.9 Å². The number of hydrogen-bond acceptors (Lipinski definition) is 4. The van der Waals surface area contributed by atoms with E-state index >= 15 is 0 Å². The molecule has 1 rings (SSSR count). The molecule has 0 saturated heterocycles. The Hall–Kier alpha value is -1.74. The standard InChI is InChI=1S/C15H22F2N2O4S/c1-23-10-4-8-18-15(20)5-3-9-19(24(2,21)22)12-6-7-13(16)14(17)11-12/h6-7,11H,3-5,8-10H2,1-2H3,(H,18,20). The second-order valence-electron chi connectivity index (χ2n) is 5.23. The molecule has 0 heterocycles. The van der Waals surface area contributed by atoms with Gasteiger partial charge < -0.3 is 10.1 Å². The second kappa shape index (κ2) is 9.53. The molecule has 9 heteroatoms. The third-order valence-corrected chi connectivity index (χ3v) is 4.40. The predicted octanol–water partition coefficient (Wildman–Crippen LogP) is 1.66. The van der Waals surface area contributed by atoms with E-state index in [0.717, 1.165) is 22.7 Å². The first-order valence-corrected chi connectivity index (χ1v) is 9.29. The molecule has 0 bridgehead atoms. The summed E-state index contributed by atoms with van der Waals surface area (Å²) < 4.78 is 55.8. The average molecular weight is 364 g/mol. The molecule has 6 nitrogen and oxygen atoms in total. The van der Waals surface area contributed by atoms with E-state index in [1.165, 1.54) is 6.07 Å². The molecule has 0 radical (unpaired) electrons. The van der Waals surface area contributed by atoms with Crippen LogP contribution >= 0.6 is 0 Å². The molecule has 0 aliphatic carbocycles. The van der Waals surface area contributed by atoms with E-state index in [-0.39, 0.29) is 31.0 Å². The van der Waals surface area contributed by atoms with Crippen LogP contribution in [0, 0.1) is 11.6 Å². The zero-order chi connectivity index (χ0) is 18.2. The van der Waals surface area contributed by atoms with Crippen molar-refractivity contribution in [3.63, 3.8) is 0 Å². The number of amides is 1. The van der Waals surface area contributed by atoms with Gasteiger partial charge in [0.15, 0.2) is 11.6 Å². The van der Waals surface area contributed by atoms with Crippen LogP contribution in [0.25, 0.3) is 0 Å². The molecule has 0 aromatic heterocycles. The number of sulfonamides is 1. The molecular formula is C15H22F2N2O4S. The van der Waals surface area contributed by atoms with Crippen LogP contribution in [0.5, 0.6) is 0 Å². The van der Waals surface area contributed by atoms with Crippen LogP contribution in [-0.4, -0.2) is 47.4 Å². The summed E-state index contributed by atoms with van der Waals surface area (Å²) in [5.74, 6) is -2.38. The van der Waals surface area contributed by atoms with Gasteiger partial charge in [-0.2, -0.15) is 0 Å². The summed E-state index contributed by atoms with van der Waals surface area (Å²) in [5, 5.41) is 2.69. The summed E-state index contributed by atoms with van der Waals surface area (Å²) in [6.07, 6.45) is 2.04. The molecule has 0 aliphatic heterocycles. The average Bonchev–Trinajstić information content (AvgIpc) is 2.50. The molecule has 0 aliphatic rings. The summed E-state index contributed by atoms with van der Waals surface area (Å²) in [5.41, 5.74) is 0.0249. The summed E-state index contributed by atoms with van der Waals surface area (Å²) in [6, 6.07) is 2.87. The van der Waals surface area contributed by atoms with Gasteiger partial charge in [-0.15, -0.1) is 0 Å².